The van der Waals surface area contributed by atoms with Crippen LogP contribution in [0.25, 0.3) is 0 Å². The van der Waals surface area contributed by atoms with Crippen LogP contribution in [0.15, 0.2) is 18.2 Å². The van der Waals surface area contributed by atoms with E-state index in [4.69, 9.17) is 6.42 Å². The minimum Gasteiger partial charge on any atom is -0.293 e. The van der Waals surface area contributed by atoms with Gasteiger partial charge in [-0.2, -0.15) is 0 Å². The standard InChI is InChI=1S/C11H9IO/c1-3-5-10(13)9-7-4-6-8(2)11(9)12/h1,4,6-7H,5H2,2H3. The number of Topliss-reactive ketones (excluding diaryl/α,β-unsaturated/α-hetero) is 1. The minimum absolute atomic E-state index is 0.0237. The van der Waals surface area contributed by atoms with Gasteiger partial charge in [0.2, 0.25) is 0 Å². The Kier molecular flexibility index (Phi) is 3.49. The number of halogens is 1. The summed E-state index contributed by atoms with van der Waals surface area (Å²) < 4.78 is 1.00. The molecule has 1 aromatic rings. The van der Waals surface area contributed by atoms with Gasteiger partial charge < -0.3 is 0 Å². The highest BCUT2D eigenvalue weighted by molar-refractivity contribution is 14.1. The van der Waals surface area contributed by atoms with E-state index < -0.39 is 0 Å². The molecule has 0 aliphatic rings. The Bertz CT molecular complexity index is 374. The van der Waals surface area contributed by atoms with Crippen molar-refractivity contribution >= 4 is 28.4 Å². The van der Waals surface area contributed by atoms with E-state index in [0.29, 0.717) is 0 Å². The van der Waals surface area contributed by atoms with Crippen LogP contribution in [0.5, 0.6) is 0 Å². The first-order valence-electron chi connectivity index (χ1n) is 3.88. The predicted molar refractivity (Wildman–Crippen MR) is 61.7 cm³/mol. The van der Waals surface area contributed by atoms with Crippen molar-refractivity contribution in [2.24, 2.45) is 0 Å². The molecule has 0 radical (unpaired) electrons. The average molecular weight is 284 g/mol. The number of aryl methyl sites for hydroxylation is 1. The molecule has 0 heterocycles. The van der Waals surface area contributed by atoms with Gasteiger partial charge in [0, 0.05) is 9.13 Å². The number of carbonyl (C=O) groups excluding carboxylic acids is 1. The zero-order valence-corrected chi connectivity index (χ0v) is 9.46. The lowest BCUT2D eigenvalue weighted by Gasteiger charge is -2.03. The van der Waals surface area contributed by atoms with Crippen LogP contribution in [-0.4, -0.2) is 5.78 Å². The van der Waals surface area contributed by atoms with Gasteiger partial charge in [-0.1, -0.05) is 24.1 Å². The van der Waals surface area contributed by atoms with E-state index >= 15 is 0 Å². The van der Waals surface area contributed by atoms with Gasteiger partial charge in [-0.3, -0.25) is 4.79 Å². The topological polar surface area (TPSA) is 17.1 Å². The van der Waals surface area contributed by atoms with Crippen LogP contribution in [0.3, 0.4) is 0 Å². The Morgan fingerprint density at radius 1 is 1.62 bits per heavy atom. The van der Waals surface area contributed by atoms with E-state index in [1.807, 2.05) is 25.1 Å². The van der Waals surface area contributed by atoms with Gasteiger partial charge in [-0.15, -0.1) is 6.42 Å². The highest BCUT2D eigenvalue weighted by atomic mass is 127. The zero-order valence-electron chi connectivity index (χ0n) is 7.30. The second kappa shape index (κ2) is 4.43. The van der Waals surface area contributed by atoms with E-state index in [1.165, 1.54) is 0 Å². The molecule has 66 valence electrons. The Morgan fingerprint density at radius 3 is 2.92 bits per heavy atom. The van der Waals surface area contributed by atoms with E-state index in [0.717, 1.165) is 14.7 Å². The molecule has 0 bridgehead atoms. The third-order valence-electron chi connectivity index (χ3n) is 1.75. The molecular weight excluding hydrogens is 275 g/mol. The summed E-state index contributed by atoms with van der Waals surface area (Å²) in [6, 6.07) is 5.67. The first kappa shape index (κ1) is 10.3. The molecule has 0 fully saturated rings. The molecule has 0 unspecified atom stereocenters. The Hall–Kier alpha value is -0.820. The van der Waals surface area contributed by atoms with Crippen LogP contribution in [-0.2, 0) is 0 Å². The number of terminal acetylenes is 1. The van der Waals surface area contributed by atoms with Crippen molar-refractivity contribution in [3.63, 3.8) is 0 Å². The second-order valence-electron chi connectivity index (χ2n) is 2.74. The number of hydrogen-bond acceptors (Lipinski definition) is 1. The third-order valence-corrected chi connectivity index (χ3v) is 3.19. The predicted octanol–water partition coefficient (Wildman–Crippen LogP) is 2.81. The van der Waals surface area contributed by atoms with Gasteiger partial charge in [-0.25, -0.2) is 0 Å². The Balaban J connectivity index is 3.09. The van der Waals surface area contributed by atoms with Crippen molar-refractivity contribution in [1.29, 1.82) is 0 Å². The summed E-state index contributed by atoms with van der Waals surface area (Å²) in [5.41, 5.74) is 1.85. The van der Waals surface area contributed by atoms with Gasteiger partial charge in [-0.05, 0) is 35.1 Å². The number of rotatable bonds is 2. The number of hydrogen-bond donors (Lipinski definition) is 0. The molecule has 0 saturated carbocycles. The normalized spacial score (nSPS) is 9.31. The maximum atomic E-state index is 11.5. The molecule has 0 spiro atoms. The molecule has 1 aromatic carbocycles. The first-order chi connectivity index (χ1) is 6.16. The van der Waals surface area contributed by atoms with E-state index in [-0.39, 0.29) is 12.2 Å². The SMILES string of the molecule is C#CCC(=O)c1cccc(C)c1I. The third kappa shape index (κ3) is 2.31. The maximum Gasteiger partial charge on any atom is 0.175 e. The molecule has 0 atom stereocenters. The van der Waals surface area contributed by atoms with Crippen LogP contribution >= 0.6 is 22.6 Å². The first-order valence-corrected chi connectivity index (χ1v) is 4.96. The van der Waals surface area contributed by atoms with Crippen LogP contribution in [0.1, 0.15) is 22.3 Å². The second-order valence-corrected chi connectivity index (χ2v) is 3.82. The summed E-state index contributed by atoms with van der Waals surface area (Å²) >= 11 is 2.17. The fourth-order valence-electron chi connectivity index (χ4n) is 1.05. The lowest BCUT2D eigenvalue weighted by atomic mass is 10.1. The lowest BCUT2D eigenvalue weighted by molar-refractivity contribution is 0.0997. The van der Waals surface area contributed by atoms with Crippen molar-refractivity contribution in [2.75, 3.05) is 0 Å². The molecule has 0 aliphatic heterocycles. The highest BCUT2D eigenvalue weighted by Crippen LogP contribution is 2.17. The number of carbonyl (C=O) groups is 1. The van der Waals surface area contributed by atoms with Crippen LogP contribution in [0, 0.1) is 22.8 Å². The zero-order chi connectivity index (χ0) is 9.84. The van der Waals surface area contributed by atoms with E-state index in [2.05, 4.69) is 28.5 Å². The monoisotopic (exact) mass is 284 g/mol. The van der Waals surface area contributed by atoms with Gasteiger partial charge >= 0.3 is 0 Å². The molecule has 13 heavy (non-hydrogen) atoms. The largest absolute Gasteiger partial charge is 0.293 e. The van der Waals surface area contributed by atoms with Crippen molar-refractivity contribution < 1.29 is 4.79 Å². The summed E-state index contributed by atoms with van der Waals surface area (Å²) in [5.74, 6) is 2.38. The summed E-state index contributed by atoms with van der Waals surface area (Å²) in [6.07, 6.45) is 5.26. The van der Waals surface area contributed by atoms with E-state index in [9.17, 15) is 4.79 Å². The van der Waals surface area contributed by atoms with Crippen LogP contribution in [0.2, 0.25) is 0 Å². The Morgan fingerprint density at radius 2 is 2.31 bits per heavy atom. The quantitative estimate of drug-likeness (QED) is 0.463. The summed E-state index contributed by atoms with van der Waals surface area (Å²) in [7, 11) is 0. The molecule has 0 aromatic heterocycles. The fraction of sp³-hybridized carbons (Fsp3) is 0.182. The summed E-state index contributed by atoms with van der Waals surface area (Å²) in [4.78, 5) is 11.5. The minimum atomic E-state index is 0.0237. The average Bonchev–Trinajstić information content (AvgIpc) is 2.10. The van der Waals surface area contributed by atoms with Crippen LogP contribution < -0.4 is 0 Å². The lowest BCUT2D eigenvalue weighted by Crippen LogP contribution is -2.01. The Labute approximate surface area is 91.7 Å². The summed E-state index contributed by atoms with van der Waals surface area (Å²) in [5, 5.41) is 0. The molecule has 1 nitrogen and oxygen atoms in total. The molecule has 2 heteroatoms. The van der Waals surface area contributed by atoms with Crippen molar-refractivity contribution in [2.45, 2.75) is 13.3 Å². The van der Waals surface area contributed by atoms with Gasteiger partial charge in [0.05, 0.1) is 6.42 Å². The maximum absolute atomic E-state index is 11.5. The number of benzene rings is 1. The number of ketones is 1. The fourth-order valence-corrected chi connectivity index (χ4v) is 1.71. The van der Waals surface area contributed by atoms with Crippen molar-refractivity contribution in [3.8, 4) is 12.3 Å². The molecule has 0 saturated heterocycles. The van der Waals surface area contributed by atoms with Gasteiger partial charge in [0.25, 0.3) is 0 Å². The molecule has 1 rings (SSSR count). The summed E-state index contributed by atoms with van der Waals surface area (Å²) in [6.45, 7) is 1.98. The van der Waals surface area contributed by atoms with Gasteiger partial charge in [0.15, 0.2) is 5.78 Å². The molecule has 0 amide bonds. The highest BCUT2D eigenvalue weighted by Gasteiger charge is 2.09. The smallest absolute Gasteiger partial charge is 0.175 e. The van der Waals surface area contributed by atoms with E-state index in [1.54, 1.807) is 0 Å². The van der Waals surface area contributed by atoms with Crippen molar-refractivity contribution in [3.05, 3.63) is 32.9 Å². The molecule has 0 N–H and O–H groups in total. The molecular formula is C11H9IO. The van der Waals surface area contributed by atoms with Gasteiger partial charge in [0.1, 0.15) is 0 Å². The molecule has 0 aliphatic carbocycles. The van der Waals surface area contributed by atoms with Crippen molar-refractivity contribution in [1.82, 2.24) is 0 Å². The van der Waals surface area contributed by atoms with Crippen LogP contribution in [0.4, 0.5) is 0 Å².